The standard InChI is InChI=1S/C23H36O7/c1-4-13(2)23(29)30-20-7-5-6-15-10-19(26)14(3)18(22(15)20)9-8-16(24)11-17(25)12-21(27)28/h5-6,10,13-14,16-20,22,24-26H,4,7-9,11-12H2,1-3H3,(H,27,28)/t13-,14-,16-,17-,18+,19-,20+,22+/m1/s1/i2D3. The lowest BCUT2D eigenvalue weighted by molar-refractivity contribution is -0.157. The SMILES string of the molecule is [2H]C([2H])([2H])[C@H](CC)C(=O)O[C@H]1CC=CC2=C[C@@H](O)[C@H](C)[C@H](CC[C@@H](O)C[C@@H](O)CC(=O)O)[C@H]21. The van der Waals surface area contributed by atoms with Gasteiger partial charge in [-0.3, -0.25) is 9.59 Å². The minimum atomic E-state index is -2.45. The van der Waals surface area contributed by atoms with Gasteiger partial charge in [0.1, 0.15) is 6.10 Å². The summed E-state index contributed by atoms with van der Waals surface area (Å²) in [6.07, 6.45) is 2.85. The van der Waals surface area contributed by atoms with Crippen LogP contribution in [0.15, 0.2) is 23.8 Å². The fourth-order valence-electron chi connectivity index (χ4n) is 4.49. The lowest BCUT2D eigenvalue weighted by Crippen LogP contribution is -2.44. The molecule has 0 amide bonds. The van der Waals surface area contributed by atoms with Crippen LogP contribution < -0.4 is 0 Å². The zero-order valence-corrected chi connectivity index (χ0v) is 17.6. The first-order valence-electron chi connectivity index (χ1n) is 12.2. The van der Waals surface area contributed by atoms with E-state index in [0.717, 1.165) is 5.57 Å². The molecule has 0 fully saturated rings. The Morgan fingerprint density at radius 3 is 2.70 bits per heavy atom. The summed E-state index contributed by atoms with van der Waals surface area (Å²) in [6.45, 7) is 1.06. The van der Waals surface area contributed by atoms with Gasteiger partial charge < -0.3 is 25.2 Å². The molecule has 0 radical (unpaired) electrons. The van der Waals surface area contributed by atoms with Gasteiger partial charge >= 0.3 is 11.9 Å². The van der Waals surface area contributed by atoms with Gasteiger partial charge in [0, 0.05) is 16.5 Å². The van der Waals surface area contributed by atoms with Crippen molar-refractivity contribution in [3.8, 4) is 0 Å². The van der Waals surface area contributed by atoms with Crippen molar-refractivity contribution in [2.75, 3.05) is 0 Å². The molecule has 7 heteroatoms. The maximum Gasteiger partial charge on any atom is 0.308 e. The highest BCUT2D eigenvalue weighted by atomic mass is 16.5. The summed E-state index contributed by atoms with van der Waals surface area (Å²) in [5, 5.41) is 39.4. The number of carboxylic acids is 1. The average Bonchev–Trinajstić information content (AvgIpc) is 2.67. The van der Waals surface area contributed by atoms with Crippen LogP contribution in [-0.4, -0.2) is 56.8 Å². The van der Waals surface area contributed by atoms with Crippen LogP contribution in [0, 0.1) is 23.7 Å². The van der Waals surface area contributed by atoms with Crippen LogP contribution in [-0.2, 0) is 14.3 Å². The second-order valence-corrected chi connectivity index (χ2v) is 8.50. The molecule has 4 N–H and O–H groups in total. The van der Waals surface area contributed by atoms with Crippen molar-refractivity contribution in [2.45, 2.75) is 83.6 Å². The van der Waals surface area contributed by atoms with Crippen molar-refractivity contribution in [2.24, 2.45) is 23.7 Å². The van der Waals surface area contributed by atoms with Crippen LogP contribution in [0.5, 0.6) is 0 Å². The Labute approximate surface area is 182 Å². The van der Waals surface area contributed by atoms with E-state index < -0.39 is 55.5 Å². The number of carbonyl (C=O) groups excluding carboxylic acids is 1. The number of rotatable bonds is 10. The summed E-state index contributed by atoms with van der Waals surface area (Å²) in [5.74, 6) is -3.74. The topological polar surface area (TPSA) is 124 Å². The third-order valence-electron chi connectivity index (χ3n) is 6.25. The van der Waals surface area contributed by atoms with Gasteiger partial charge in [-0.25, -0.2) is 0 Å². The second kappa shape index (κ2) is 11.1. The number of hydrogen-bond acceptors (Lipinski definition) is 6. The van der Waals surface area contributed by atoms with Gasteiger partial charge in [-0.15, -0.1) is 0 Å². The van der Waals surface area contributed by atoms with Crippen molar-refractivity contribution < 1.29 is 38.9 Å². The lowest BCUT2D eigenvalue weighted by Gasteiger charge is -2.44. The van der Waals surface area contributed by atoms with Gasteiger partial charge in [-0.1, -0.05) is 38.9 Å². The van der Waals surface area contributed by atoms with Crippen molar-refractivity contribution in [3.63, 3.8) is 0 Å². The molecule has 0 aromatic rings. The number of aliphatic hydroxyl groups is 3. The molecular formula is C23H36O7. The quantitative estimate of drug-likeness (QED) is 0.395. The Hall–Kier alpha value is -1.70. The van der Waals surface area contributed by atoms with E-state index >= 15 is 0 Å². The van der Waals surface area contributed by atoms with E-state index in [1.54, 1.807) is 13.0 Å². The van der Waals surface area contributed by atoms with E-state index in [2.05, 4.69) is 0 Å². The van der Waals surface area contributed by atoms with Crippen LogP contribution in [0.1, 0.15) is 63.3 Å². The molecular weight excluding hydrogens is 388 g/mol. The highest BCUT2D eigenvalue weighted by molar-refractivity contribution is 5.72. The minimum absolute atomic E-state index is 0.0710. The number of carbonyl (C=O) groups is 2. The molecule has 0 saturated heterocycles. The van der Waals surface area contributed by atoms with Gasteiger partial charge in [0.15, 0.2) is 0 Å². The smallest absolute Gasteiger partial charge is 0.308 e. The Balaban J connectivity index is 2.15. The molecule has 7 nitrogen and oxygen atoms in total. The third kappa shape index (κ3) is 6.40. The molecule has 0 aromatic heterocycles. The van der Waals surface area contributed by atoms with E-state index in [1.807, 2.05) is 19.1 Å². The Morgan fingerprint density at radius 1 is 1.33 bits per heavy atom. The van der Waals surface area contributed by atoms with E-state index in [-0.39, 0.29) is 37.0 Å². The maximum atomic E-state index is 12.7. The molecule has 2 rings (SSSR count). The number of carboxylic acid groups (broad SMARTS) is 1. The lowest BCUT2D eigenvalue weighted by atomic mass is 9.65. The molecule has 2 aliphatic rings. The highest BCUT2D eigenvalue weighted by Gasteiger charge is 2.43. The van der Waals surface area contributed by atoms with E-state index in [9.17, 15) is 24.9 Å². The van der Waals surface area contributed by atoms with Gasteiger partial charge in [-0.05, 0) is 43.1 Å². The zero-order chi connectivity index (χ0) is 24.9. The first kappa shape index (κ1) is 20.2. The van der Waals surface area contributed by atoms with Crippen molar-refractivity contribution in [3.05, 3.63) is 23.8 Å². The number of aliphatic hydroxyl groups excluding tert-OH is 3. The molecule has 8 atom stereocenters. The summed E-state index contributed by atoms with van der Waals surface area (Å²) in [4.78, 5) is 23.4. The fraction of sp³-hybridized carbons (Fsp3) is 0.739. The van der Waals surface area contributed by atoms with Crippen LogP contribution >= 0.6 is 0 Å². The molecule has 0 spiro atoms. The third-order valence-corrected chi connectivity index (χ3v) is 6.25. The zero-order valence-electron chi connectivity index (χ0n) is 20.6. The molecule has 0 aliphatic heterocycles. The number of esters is 1. The number of aliphatic carboxylic acids is 1. The first-order chi connectivity index (χ1) is 15.3. The largest absolute Gasteiger partial charge is 0.481 e. The van der Waals surface area contributed by atoms with E-state index in [1.165, 1.54) is 0 Å². The highest BCUT2D eigenvalue weighted by Crippen LogP contribution is 2.44. The second-order valence-electron chi connectivity index (χ2n) is 8.50. The number of allylic oxidation sites excluding steroid dienone is 1. The van der Waals surface area contributed by atoms with Crippen molar-refractivity contribution >= 4 is 11.9 Å². The van der Waals surface area contributed by atoms with Gasteiger partial charge in [0.25, 0.3) is 0 Å². The van der Waals surface area contributed by atoms with Crippen molar-refractivity contribution in [1.29, 1.82) is 0 Å². The monoisotopic (exact) mass is 427 g/mol. The molecule has 170 valence electrons. The normalized spacial score (nSPS) is 33.2. The van der Waals surface area contributed by atoms with Crippen LogP contribution in [0.2, 0.25) is 0 Å². The predicted molar refractivity (Wildman–Crippen MR) is 111 cm³/mol. The average molecular weight is 428 g/mol. The van der Waals surface area contributed by atoms with Crippen LogP contribution in [0.25, 0.3) is 0 Å². The summed E-state index contributed by atoms with van der Waals surface area (Å²) in [6, 6.07) is 0. The van der Waals surface area contributed by atoms with Gasteiger partial charge in [0.2, 0.25) is 0 Å². The molecule has 0 saturated carbocycles. The maximum absolute atomic E-state index is 12.7. The molecule has 0 heterocycles. The molecule has 0 unspecified atom stereocenters. The molecule has 30 heavy (non-hydrogen) atoms. The van der Waals surface area contributed by atoms with Crippen molar-refractivity contribution in [1.82, 2.24) is 0 Å². The number of fused-ring (bicyclic) bond motifs is 1. The van der Waals surface area contributed by atoms with Crippen LogP contribution in [0.4, 0.5) is 0 Å². The molecule has 0 bridgehead atoms. The van der Waals surface area contributed by atoms with Gasteiger partial charge in [0.05, 0.1) is 30.7 Å². The molecule has 0 aromatic carbocycles. The Bertz CT molecular complexity index is 749. The molecule has 2 aliphatic carbocycles. The van der Waals surface area contributed by atoms with Crippen LogP contribution in [0.3, 0.4) is 0 Å². The predicted octanol–water partition coefficient (Wildman–Crippen LogP) is 2.44. The summed E-state index contributed by atoms with van der Waals surface area (Å²) < 4.78 is 28.6. The Kier molecular flexibility index (Phi) is 7.46. The first-order valence-corrected chi connectivity index (χ1v) is 10.7. The summed E-state index contributed by atoms with van der Waals surface area (Å²) >= 11 is 0. The van der Waals surface area contributed by atoms with Gasteiger partial charge in [-0.2, -0.15) is 0 Å². The number of hydrogen-bond donors (Lipinski definition) is 4. The minimum Gasteiger partial charge on any atom is -0.481 e. The number of ether oxygens (including phenoxy) is 1. The Morgan fingerprint density at radius 2 is 2.07 bits per heavy atom. The summed E-state index contributed by atoms with van der Waals surface area (Å²) in [5.41, 5.74) is 0.817. The summed E-state index contributed by atoms with van der Waals surface area (Å²) in [7, 11) is 0. The van der Waals surface area contributed by atoms with E-state index in [4.69, 9.17) is 14.0 Å². The fourth-order valence-corrected chi connectivity index (χ4v) is 4.49. The van der Waals surface area contributed by atoms with E-state index in [0.29, 0.717) is 12.8 Å².